The fourth-order valence-electron chi connectivity index (χ4n) is 4.29. The van der Waals surface area contributed by atoms with E-state index in [0.717, 1.165) is 0 Å². The highest BCUT2D eigenvalue weighted by molar-refractivity contribution is 7.99. The van der Waals surface area contributed by atoms with Crippen LogP contribution in [0.15, 0.2) is 0 Å². The van der Waals surface area contributed by atoms with Crippen LogP contribution in [-0.2, 0) is 57.0 Å². The van der Waals surface area contributed by atoms with E-state index in [1.807, 2.05) is 6.92 Å². The average Bonchev–Trinajstić information content (AvgIpc) is 3.81. The smallest absolute Gasteiger partial charge is 0.465 e. The second-order valence-corrected chi connectivity index (χ2v) is 14.9. The van der Waals surface area contributed by atoms with Gasteiger partial charge in [-0.15, -0.1) is 0 Å². The van der Waals surface area contributed by atoms with Gasteiger partial charge in [0.15, 0.2) is 0 Å². The minimum absolute atomic E-state index is 0.100. The second kappa shape index (κ2) is 22.1. The number of cyclic esters (lactones) is 6. The topological polar surface area (TPSA) is 185 Å². The van der Waals surface area contributed by atoms with E-state index in [1.54, 1.807) is 0 Å². The molecule has 15 nitrogen and oxygen atoms in total. The van der Waals surface area contributed by atoms with Gasteiger partial charge in [-0.2, -0.15) is 35.3 Å². The third-order valence-electron chi connectivity index (χ3n) is 7.42. The third-order valence-corrected chi connectivity index (χ3v) is 10.5. The monoisotopic (exact) mass is 740 g/mol. The van der Waals surface area contributed by atoms with Crippen LogP contribution in [0.3, 0.4) is 0 Å². The normalized spacial score (nSPS) is 21.2. The molecule has 3 aliphatic rings. The molecule has 3 aliphatic heterocycles. The molecule has 0 aromatic carbocycles. The van der Waals surface area contributed by atoms with Gasteiger partial charge in [-0.05, 0) is 42.9 Å². The first-order valence-electron chi connectivity index (χ1n) is 15.9. The molecule has 272 valence electrons. The van der Waals surface area contributed by atoms with Crippen molar-refractivity contribution >= 4 is 71.7 Å². The molecule has 48 heavy (non-hydrogen) atoms. The van der Waals surface area contributed by atoms with Crippen LogP contribution in [-0.4, -0.2) is 129 Å². The first-order valence-corrected chi connectivity index (χ1v) is 19.3. The quantitative estimate of drug-likeness (QED) is 0.0737. The van der Waals surface area contributed by atoms with E-state index in [9.17, 15) is 28.8 Å². The first kappa shape index (κ1) is 39.7. The molecular formula is C30H44O15S3. The lowest BCUT2D eigenvalue weighted by Gasteiger charge is -2.31. The summed E-state index contributed by atoms with van der Waals surface area (Å²) in [6.45, 7) is 2.24. The summed E-state index contributed by atoms with van der Waals surface area (Å²) in [5.41, 5.74) is -0.931. The highest BCUT2D eigenvalue weighted by atomic mass is 32.2. The summed E-state index contributed by atoms with van der Waals surface area (Å²) in [7, 11) is 0. The molecule has 3 rings (SSSR count). The van der Waals surface area contributed by atoms with Crippen LogP contribution in [0.5, 0.6) is 0 Å². The summed E-state index contributed by atoms with van der Waals surface area (Å²) in [5, 5.41) is 0. The molecule has 0 bridgehead atoms. The number of hydrogen-bond donors (Lipinski definition) is 0. The Balaban J connectivity index is 1.37. The van der Waals surface area contributed by atoms with Gasteiger partial charge in [-0.3, -0.25) is 14.4 Å². The molecule has 0 amide bonds. The van der Waals surface area contributed by atoms with Crippen molar-refractivity contribution in [1.29, 1.82) is 0 Å². The van der Waals surface area contributed by atoms with Gasteiger partial charge in [-0.1, -0.05) is 6.92 Å². The maximum Gasteiger partial charge on any atom is 0.508 e. The van der Waals surface area contributed by atoms with Gasteiger partial charge < -0.3 is 42.6 Å². The number of rotatable bonds is 25. The predicted octanol–water partition coefficient (Wildman–Crippen LogP) is 4.16. The van der Waals surface area contributed by atoms with Crippen LogP contribution in [0.25, 0.3) is 0 Å². The Labute approximate surface area is 292 Å². The van der Waals surface area contributed by atoms with Crippen LogP contribution in [0.2, 0.25) is 0 Å². The van der Waals surface area contributed by atoms with Gasteiger partial charge in [0.25, 0.3) is 0 Å². The van der Waals surface area contributed by atoms with Gasteiger partial charge in [0, 0.05) is 17.3 Å². The van der Waals surface area contributed by atoms with Crippen molar-refractivity contribution in [3.8, 4) is 0 Å². The Morgan fingerprint density at radius 2 is 0.896 bits per heavy atom. The highest BCUT2D eigenvalue weighted by Gasteiger charge is 2.34. The van der Waals surface area contributed by atoms with E-state index >= 15 is 0 Å². The Morgan fingerprint density at radius 3 is 1.15 bits per heavy atom. The second-order valence-electron chi connectivity index (χ2n) is 11.2. The molecule has 3 unspecified atom stereocenters. The van der Waals surface area contributed by atoms with Crippen molar-refractivity contribution in [3.05, 3.63) is 0 Å². The summed E-state index contributed by atoms with van der Waals surface area (Å²) in [6, 6.07) is 0. The van der Waals surface area contributed by atoms with E-state index in [2.05, 4.69) is 0 Å². The standard InChI is InChI=1S/C30H44O15S3/c1-2-30(18-40-24(31)6-12-46-9-3-21-15-37-27(34)43-21,19-41-25(32)7-13-47-10-4-22-16-38-28(35)44-22)20-42-26(33)8-14-48-11-5-23-17-39-29(36)45-23/h21-23H,2-20H2,1H3. The lowest BCUT2D eigenvalue weighted by Crippen LogP contribution is -2.39. The van der Waals surface area contributed by atoms with Gasteiger partial charge in [0.2, 0.25) is 0 Å². The highest BCUT2D eigenvalue weighted by Crippen LogP contribution is 2.26. The molecule has 0 aromatic heterocycles. The first-order chi connectivity index (χ1) is 23.2. The molecule has 0 N–H and O–H groups in total. The number of carbonyl (C=O) groups is 6. The molecular weight excluding hydrogens is 697 g/mol. The van der Waals surface area contributed by atoms with Crippen molar-refractivity contribution in [2.75, 3.05) is 74.2 Å². The number of esters is 3. The molecule has 3 atom stereocenters. The van der Waals surface area contributed by atoms with E-state index < -0.39 is 41.8 Å². The van der Waals surface area contributed by atoms with Crippen molar-refractivity contribution in [1.82, 2.24) is 0 Å². The van der Waals surface area contributed by atoms with Gasteiger partial charge in [0.1, 0.15) is 58.0 Å². The fraction of sp³-hybridized carbons (Fsp3) is 0.800. The molecule has 0 spiro atoms. The zero-order valence-electron chi connectivity index (χ0n) is 27.0. The summed E-state index contributed by atoms with van der Waals surface area (Å²) >= 11 is 4.58. The summed E-state index contributed by atoms with van der Waals surface area (Å²) < 4.78 is 46.0. The lowest BCUT2D eigenvalue weighted by molar-refractivity contribution is -0.161. The molecule has 18 heteroatoms. The largest absolute Gasteiger partial charge is 0.508 e. The van der Waals surface area contributed by atoms with E-state index in [-0.39, 0.29) is 77.2 Å². The number of ether oxygens (including phenoxy) is 9. The van der Waals surface area contributed by atoms with E-state index in [0.29, 0.717) is 60.2 Å². The number of hydrogen-bond acceptors (Lipinski definition) is 18. The Kier molecular flexibility index (Phi) is 18.3. The zero-order chi connectivity index (χ0) is 34.6. The van der Waals surface area contributed by atoms with Crippen molar-refractivity contribution < 1.29 is 71.4 Å². The van der Waals surface area contributed by atoms with Gasteiger partial charge in [-0.25, -0.2) is 14.4 Å². The number of carbonyl (C=O) groups excluding carboxylic acids is 6. The van der Waals surface area contributed by atoms with Gasteiger partial charge in [0.05, 0.1) is 24.7 Å². The molecule has 0 aliphatic carbocycles. The Morgan fingerprint density at radius 1 is 0.583 bits per heavy atom. The summed E-state index contributed by atoms with van der Waals surface area (Å²) in [5.74, 6) is 2.26. The zero-order valence-corrected chi connectivity index (χ0v) is 29.5. The summed E-state index contributed by atoms with van der Waals surface area (Å²) in [4.78, 5) is 70.7. The third kappa shape index (κ3) is 16.1. The number of thioether (sulfide) groups is 3. The van der Waals surface area contributed by atoms with Crippen molar-refractivity contribution in [2.24, 2.45) is 5.41 Å². The maximum atomic E-state index is 12.6. The van der Waals surface area contributed by atoms with E-state index in [1.165, 1.54) is 35.3 Å². The molecule has 3 saturated heterocycles. The molecule has 0 aromatic rings. The maximum absolute atomic E-state index is 12.6. The fourth-order valence-corrected chi connectivity index (χ4v) is 7.12. The SMILES string of the molecule is CCC(COC(=O)CCSCCC1COC(=O)O1)(COC(=O)CCSCCC1COC(=O)O1)COC(=O)CCSCCC1COC(=O)O1. The molecule has 3 heterocycles. The van der Waals surface area contributed by atoms with Crippen LogP contribution in [0, 0.1) is 5.41 Å². The van der Waals surface area contributed by atoms with Crippen LogP contribution < -0.4 is 0 Å². The van der Waals surface area contributed by atoms with Crippen LogP contribution in [0.1, 0.15) is 51.9 Å². The minimum Gasteiger partial charge on any atom is -0.465 e. The van der Waals surface area contributed by atoms with Crippen LogP contribution in [0.4, 0.5) is 14.4 Å². The molecule has 0 saturated carbocycles. The molecule has 0 radical (unpaired) electrons. The predicted molar refractivity (Wildman–Crippen MR) is 174 cm³/mol. The summed E-state index contributed by atoms with van der Waals surface area (Å²) in [6.07, 6.45) is -0.0875. The average molecular weight is 741 g/mol. The Bertz CT molecular complexity index is 948. The minimum atomic E-state index is -0.931. The van der Waals surface area contributed by atoms with Gasteiger partial charge >= 0.3 is 36.4 Å². The van der Waals surface area contributed by atoms with Crippen molar-refractivity contribution in [2.45, 2.75) is 70.2 Å². The van der Waals surface area contributed by atoms with Crippen molar-refractivity contribution in [3.63, 3.8) is 0 Å². The Hall–Kier alpha value is -2.73. The van der Waals surface area contributed by atoms with Crippen LogP contribution >= 0.6 is 35.3 Å². The molecule has 3 fully saturated rings. The lowest BCUT2D eigenvalue weighted by atomic mass is 9.88. The van der Waals surface area contributed by atoms with E-state index in [4.69, 9.17) is 42.6 Å².